The monoisotopic (exact) mass is 210 g/mol. The Kier molecular flexibility index (Phi) is 3.23. The Balaban J connectivity index is 2.54. The van der Waals surface area contributed by atoms with Gasteiger partial charge < -0.3 is 9.64 Å². The minimum absolute atomic E-state index is 0.0579. The van der Waals surface area contributed by atoms with E-state index in [0.717, 1.165) is 0 Å². The summed E-state index contributed by atoms with van der Waals surface area (Å²) in [5, 5.41) is 8.84. The van der Waals surface area contributed by atoms with E-state index in [2.05, 4.69) is 6.07 Å². The van der Waals surface area contributed by atoms with Crippen molar-refractivity contribution in [2.24, 2.45) is 11.8 Å². The molecule has 0 aliphatic carbocycles. The van der Waals surface area contributed by atoms with Gasteiger partial charge >= 0.3 is 6.09 Å². The SMILES string of the molecule is C[C@@H]1CN(C(=O)OC(C)(C)C)CC1C#N. The Hall–Kier alpha value is -1.24. The van der Waals surface area contributed by atoms with Crippen molar-refractivity contribution in [3.05, 3.63) is 0 Å². The second-order valence-electron chi connectivity index (χ2n) is 5.10. The Morgan fingerprint density at radius 3 is 2.47 bits per heavy atom. The number of carbonyl (C=O) groups excluding carboxylic acids is 1. The molecule has 0 radical (unpaired) electrons. The van der Waals surface area contributed by atoms with Gasteiger partial charge in [-0.1, -0.05) is 6.92 Å². The van der Waals surface area contributed by atoms with E-state index in [1.807, 2.05) is 27.7 Å². The molecule has 1 rings (SSSR count). The van der Waals surface area contributed by atoms with Crippen LogP contribution in [0.15, 0.2) is 0 Å². The van der Waals surface area contributed by atoms with E-state index in [4.69, 9.17) is 10.00 Å². The van der Waals surface area contributed by atoms with Crippen LogP contribution in [0.1, 0.15) is 27.7 Å². The molecule has 1 aliphatic rings. The average molecular weight is 210 g/mol. The number of carbonyl (C=O) groups is 1. The van der Waals surface area contributed by atoms with Gasteiger partial charge in [0.25, 0.3) is 0 Å². The number of nitriles is 1. The fraction of sp³-hybridized carbons (Fsp3) is 0.818. The van der Waals surface area contributed by atoms with Crippen LogP contribution in [-0.2, 0) is 4.74 Å². The van der Waals surface area contributed by atoms with Gasteiger partial charge in [0.15, 0.2) is 0 Å². The molecular formula is C11H18N2O2. The molecule has 15 heavy (non-hydrogen) atoms. The van der Waals surface area contributed by atoms with Gasteiger partial charge in [0.05, 0.1) is 12.0 Å². The van der Waals surface area contributed by atoms with Crippen LogP contribution in [0.2, 0.25) is 0 Å². The van der Waals surface area contributed by atoms with Crippen molar-refractivity contribution in [2.75, 3.05) is 13.1 Å². The Bertz CT molecular complexity index is 288. The first kappa shape index (κ1) is 11.8. The summed E-state index contributed by atoms with van der Waals surface area (Å²) in [6.07, 6.45) is -0.313. The van der Waals surface area contributed by atoms with E-state index < -0.39 is 5.60 Å². The predicted molar refractivity (Wildman–Crippen MR) is 56.1 cm³/mol. The molecule has 4 heteroatoms. The smallest absolute Gasteiger partial charge is 0.410 e. The van der Waals surface area contributed by atoms with E-state index in [-0.39, 0.29) is 17.9 Å². The third-order valence-corrected chi connectivity index (χ3v) is 2.43. The van der Waals surface area contributed by atoms with Gasteiger partial charge in [0, 0.05) is 13.1 Å². The van der Waals surface area contributed by atoms with Crippen LogP contribution >= 0.6 is 0 Å². The van der Waals surface area contributed by atoms with Crippen molar-refractivity contribution >= 4 is 6.09 Å². The number of ether oxygens (including phenoxy) is 1. The molecule has 1 amide bonds. The van der Waals surface area contributed by atoms with Crippen LogP contribution in [-0.4, -0.2) is 29.7 Å². The highest BCUT2D eigenvalue weighted by atomic mass is 16.6. The van der Waals surface area contributed by atoms with Gasteiger partial charge in [0.1, 0.15) is 5.60 Å². The molecule has 84 valence electrons. The molecular weight excluding hydrogens is 192 g/mol. The molecule has 0 saturated carbocycles. The summed E-state index contributed by atoms with van der Waals surface area (Å²) in [6, 6.07) is 2.21. The summed E-state index contributed by atoms with van der Waals surface area (Å²) < 4.78 is 5.24. The van der Waals surface area contributed by atoms with Crippen LogP contribution in [0.4, 0.5) is 4.79 Å². The third-order valence-electron chi connectivity index (χ3n) is 2.43. The second kappa shape index (κ2) is 4.09. The van der Waals surface area contributed by atoms with Gasteiger partial charge in [-0.25, -0.2) is 4.79 Å². The van der Waals surface area contributed by atoms with E-state index in [9.17, 15) is 4.79 Å². The van der Waals surface area contributed by atoms with Crippen molar-refractivity contribution in [2.45, 2.75) is 33.3 Å². The molecule has 1 unspecified atom stereocenters. The minimum atomic E-state index is -0.467. The van der Waals surface area contributed by atoms with Gasteiger partial charge in [-0.3, -0.25) is 0 Å². The quantitative estimate of drug-likeness (QED) is 0.614. The van der Waals surface area contributed by atoms with Crippen molar-refractivity contribution in [3.8, 4) is 6.07 Å². The molecule has 0 aromatic rings. The number of rotatable bonds is 0. The first-order valence-electron chi connectivity index (χ1n) is 5.21. The van der Waals surface area contributed by atoms with Crippen LogP contribution in [0.25, 0.3) is 0 Å². The van der Waals surface area contributed by atoms with Crippen LogP contribution in [0.5, 0.6) is 0 Å². The lowest BCUT2D eigenvalue weighted by molar-refractivity contribution is 0.0287. The van der Waals surface area contributed by atoms with Crippen molar-refractivity contribution < 1.29 is 9.53 Å². The fourth-order valence-electron chi connectivity index (χ4n) is 1.61. The van der Waals surface area contributed by atoms with E-state index in [1.54, 1.807) is 4.90 Å². The lowest BCUT2D eigenvalue weighted by atomic mass is 10.0. The molecule has 0 bridgehead atoms. The Labute approximate surface area is 90.8 Å². The largest absolute Gasteiger partial charge is 0.444 e. The topological polar surface area (TPSA) is 53.3 Å². The molecule has 4 nitrogen and oxygen atoms in total. The summed E-state index contributed by atoms with van der Waals surface area (Å²) in [4.78, 5) is 13.3. The van der Waals surface area contributed by atoms with Crippen LogP contribution in [0, 0.1) is 23.2 Å². The van der Waals surface area contributed by atoms with Crippen LogP contribution < -0.4 is 0 Å². The Morgan fingerprint density at radius 1 is 1.47 bits per heavy atom. The number of likely N-dealkylation sites (tertiary alicyclic amines) is 1. The van der Waals surface area contributed by atoms with Gasteiger partial charge in [-0.2, -0.15) is 5.26 Å². The number of amides is 1. The highest BCUT2D eigenvalue weighted by molar-refractivity contribution is 5.68. The van der Waals surface area contributed by atoms with Gasteiger partial charge in [-0.15, -0.1) is 0 Å². The highest BCUT2D eigenvalue weighted by Crippen LogP contribution is 2.23. The van der Waals surface area contributed by atoms with Crippen LogP contribution in [0.3, 0.4) is 0 Å². The lowest BCUT2D eigenvalue weighted by Crippen LogP contribution is -2.35. The molecule has 0 aromatic carbocycles. The summed E-state index contributed by atoms with van der Waals surface area (Å²) >= 11 is 0. The summed E-state index contributed by atoms with van der Waals surface area (Å²) in [5.74, 6) is 0.181. The first-order valence-corrected chi connectivity index (χ1v) is 5.21. The zero-order valence-electron chi connectivity index (χ0n) is 9.78. The molecule has 1 saturated heterocycles. The minimum Gasteiger partial charge on any atom is -0.444 e. The van der Waals surface area contributed by atoms with E-state index >= 15 is 0 Å². The average Bonchev–Trinajstić information content (AvgIpc) is 2.43. The molecule has 1 aliphatic heterocycles. The van der Waals surface area contributed by atoms with Crippen molar-refractivity contribution in [1.29, 1.82) is 5.26 Å². The fourth-order valence-corrected chi connectivity index (χ4v) is 1.61. The maximum Gasteiger partial charge on any atom is 0.410 e. The maximum atomic E-state index is 11.7. The predicted octanol–water partition coefficient (Wildman–Crippen LogP) is 2.01. The number of hydrogen-bond donors (Lipinski definition) is 0. The standard InChI is InChI=1S/C11H18N2O2/c1-8-6-13(7-9(8)5-12)10(14)15-11(2,3)4/h8-9H,6-7H2,1-4H3/t8-,9?/m1/s1. The van der Waals surface area contributed by atoms with Gasteiger partial charge in [-0.05, 0) is 26.7 Å². The zero-order chi connectivity index (χ0) is 11.6. The maximum absolute atomic E-state index is 11.7. The molecule has 1 heterocycles. The molecule has 2 atom stereocenters. The number of nitrogens with zero attached hydrogens (tertiary/aromatic N) is 2. The first-order chi connectivity index (χ1) is 6.83. The zero-order valence-corrected chi connectivity index (χ0v) is 9.78. The Morgan fingerprint density at radius 2 is 2.07 bits per heavy atom. The van der Waals surface area contributed by atoms with Crippen molar-refractivity contribution in [3.63, 3.8) is 0 Å². The summed E-state index contributed by atoms with van der Waals surface area (Å²) in [7, 11) is 0. The third kappa shape index (κ3) is 3.12. The summed E-state index contributed by atoms with van der Waals surface area (Å²) in [5.41, 5.74) is -0.467. The molecule has 0 aromatic heterocycles. The molecule has 0 spiro atoms. The van der Waals surface area contributed by atoms with Crippen molar-refractivity contribution in [1.82, 2.24) is 4.90 Å². The lowest BCUT2D eigenvalue weighted by Gasteiger charge is -2.24. The summed E-state index contributed by atoms with van der Waals surface area (Å²) in [6.45, 7) is 8.61. The second-order valence-corrected chi connectivity index (χ2v) is 5.10. The van der Waals surface area contributed by atoms with Gasteiger partial charge in [0.2, 0.25) is 0 Å². The molecule has 1 fully saturated rings. The highest BCUT2D eigenvalue weighted by Gasteiger charge is 2.34. The number of hydrogen-bond acceptors (Lipinski definition) is 3. The van der Waals surface area contributed by atoms with E-state index in [1.165, 1.54) is 0 Å². The van der Waals surface area contributed by atoms with E-state index in [0.29, 0.717) is 13.1 Å². The molecule has 0 N–H and O–H groups in total. The normalized spacial score (nSPS) is 26.2.